The first-order valence-corrected chi connectivity index (χ1v) is 21.4. The number of hydrogen-bond acceptors (Lipinski definition) is 7. The van der Waals surface area contributed by atoms with Gasteiger partial charge in [-0.1, -0.05) is 41.4 Å². The molecule has 3 heterocycles. The van der Waals surface area contributed by atoms with Gasteiger partial charge < -0.3 is 5.32 Å². The molecule has 62 heavy (non-hydrogen) atoms. The predicted molar refractivity (Wildman–Crippen MR) is 218 cm³/mol. The molecule has 0 saturated heterocycles. The molecule has 12 nitrogen and oxygen atoms in total. The summed E-state index contributed by atoms with van der Waals surface area (Å²) in [6.45, 7) is -0.982. The van der Waals surface area contributed by atoms with Crippen molar-refractivity contribution in [1.82, 2.24) is 34.4 Å². The Morgan fingerprint density at radius 3 is 2.34 bits per heavy atom. The van der Waals surface area contributed by atoms with Gasteiger partial charge in [0, 0.05) is 36.0 Å². The first kappa shape index (κ1) is 41.4. The minimum Gasteiger partial charge on any atom is -0.344 e. The van der Waals surface area contributed by atoms with Gasteiger partial charge in [0.1, 0.15) is 35.4 Å². The average molecular weight is 916 g/mol. The summed E-state index contributed by atoms with van der Waals surface area (Å²) in [5, 5.41) is 11.3. The van der Waals surface area contributed by atoms with Crippen LogP contribution >= 0.6 is 23.2 Å². The van der Waals surface area contributed by atoms with E-state index in [1.165, 1.54) is 29.9 Å². The molecule has 2 unspecified atom stereocenters. The fourth-order valence-corrected chi connectivity index (χ4v) is 9.26. The highest BCUT2D eigenvalue weighted by Gasteiger charge is 2.67. The molecule has 3 aromatic heterocycles. The molecule has 4 aromatic carbocycles. The van der Waals surface area contributed by atoms with Crippen molar-refractivity contribution < 1.29 is 39.6 Å². The van der Waals surface area contributed by atoms with E-state index in [1.54, 1.807) is 36.4 Å². The number of anilines is 1. The van der Waals surface area contributed by atoms with Gasteiger partial charge >= 0.3 is 0 Å². The van der Waals surface area contributed by atoms with Gasteiger partial charge in [-0.05, 0) is 77.6 Å². The van der Waals surface area contributed by atoms with Crippen molar-refractivity contribution in [3.05, 3.63) is 133 Å². The van der Waals surface area contributed by atoms with E-state index in [4.69, 9.17) is 28.2 Å². The SMILES string of the molecule is Cn1nc(NS(C)(=O)=O)c2c(Cl)ccc(-n3c([C@H](Cc4cc(F)cc(F)c4)NC(=O)Cn4nc(C(F)F)c5c4C(F)(F)C4CC54)nc4cc(-c5ccc(Cl)cc5)ccc4c3=O)c21. The number of aromatic nitrogens is 6. The highest BCUT2D eigenvalue weighted by molar-refractivity contribution is 7.92. The molecule has 2 N–H and O–H groups in total. The van der Waals surface area contributed by atoms with Crippen molar-refractivity contribution in [3.63, 3.8) is 0 Å². The Bertz CT molecular complexity index is 3170. The van der Waals surface area contributed by atoms with Crippen molar-refractivity contribution in [1.29, 1.82) is 0 Å². The Balaban J connectivity index is 1.26. The number of hydrogen-bond donors (Lipinski definition) is 2. The van der Waals surface area contributed by atoms with Gasteiger partial charge in [0.05, 0.1) is 44.8 Å². The second kappa shape index (κ2) is 14.9. The number of nitrogens with one attached hydrogen (secondary N) is 2. The molecular formula is C41H30Cl2F6N8O4S. The highest BCUT2D eigenvalue weighted by atomic mass is 35.5. The van der Waals surface area contributed by atoms with Crippen molar-refractivity contribution in [3.8, 4) is 16.8 Å². The second-order valence-corrected chi connectivity index (χ2v) is 17.9. The molecule has 2 aliphatic carbocycles. The molecule has 1 amide bonds. The summed E-state index contributed by atoms with van der Waals surface area (Å²) in [7, 11) is -2.45. The number of amides is 1. The van der Waals surface area contributed by atoms with E-state index in [-0.39, 0.29) is 61.7 Å². The lowest BCUT2D eigenvalue weighted by molar-refractivity contribution is -0.123. The number of sulfonamides is 1. The highest BCUT2D eigenvalue weighted by Crippen LogP contribution is 2.68. The van der Waals surface area contributed by atoms with Crippen LogP contribution in [0.15, 0.2) is 77.6 Å². The number of aryl methyl sites for hydroxylation is 1. The number of halogens is 8. The van der Waals surface area contributed by atoms with Gasteiger partial charge in [-0.2, -0.15) is 19.0 Å². The van der Waals surface area contributed by atoms with Gasteiger partial charge in [-0.3, -0.25) is 28.2 Å². The third kappa shape index (κ3) is 7.24. The van der Waals surface area contributed by atoms with Gasteiger partial charge in [0.15, 0.2) is 5.82 Å². The number of benzene rings is 4. The van der Waals surface area contributed by atoms with Crippen LogP contribution in [-0.2, 0) is 40.8 Å². The monoisotopic (exact) mass is 914 g/mol. The molecule has 21 heteroatoms. The molecule has 7 aromatic rings. The number of fused-ring (bicyclic) bond motifs is 5. The molecule has 1 fully saturated rings. The van der Waals surface area contributed by atoms with E-state index in [2.05, 4.69) is 20.2 Å². The number of rotatable bonds is 11. The van der Waals surface area contributed by atoms with Crippen LogP contribution in [0.1, 0.15) is 53.1 Å². The lowest BCUT2D eigenvalue weighted by Gasteiger charge is -2.24. The molecule has 0 aliphatic heterocycles. The summed E-state index contributed by atoms with van der Waals surface area (Å²) < 4.78 is 119. The number of alkyl halides is 4. The van der Waals surface area contributed by atoms with Crippen LogP contribution < -0.4 is 15.6 Å². The molecule has 3 atom stereocenters. The van der Waals surface area contributed by atoms with Gasteiger partial charge in [0.25, 0.3) is 17.9 Å². The minimum absolute atomic E-state index is 0.00475. The zero-order chi connectivity index (χ0) is 44.2. The normalized spacial score (nSPS) is 17.1. The lowest BCUT2D eigenvalue weighted by Crippen LogP contribution is -2.38. The summed E-state index contributed by atoms with van der Waals surface area (Å²) in [4.78, 5) is 34.0. The van der Waals surface area contributed by atoms with Crippen LogP contribution in [0.2, 0.25) is 10.0 Å². The maximum absolute atomic E-state index is 15.5. The van der Waals surface area contributed by atoms with Crippen molar-refractivity contribution >= 4 is 66.8 Å². The van der Waals surface area contributed by atoms with Crippen molar-refractivity contribution in [2.45, 2.75) is 43.7 Å². The summed E-state index contributed by atoms with van der Waals surface area (Å²) in [6, 6.07) is 15.4. The zero-order valence-electron chi connectivity index (χ0n) is 32.1. The smallest absolute Gasteiger partial charge is 0.293 e. The predicted octanol–water partition coefficient (Wildman–Crippen LogP) is 8.34. The minimum atomic E-state index is -3.91. The Morgan fingerprint density at radius 2 is 1.66 bits per heavy atom. The van der Waals surface area contributed by atoms with E-state index < -0.39 is 87.7 Å². The summed E-state index contributed by atoms with van der Waals surface area (Å²) in [5.74, 6) is -9.02. The Hall–Kier alpha value is -5.92. The van der Waals surface area contributed by atoms with Crippen LogP contribution in [0.4, 0.5) is 32.2 Å². The van der Waals surface area contributed by atoms with Gasteiger partial charge in [-0.15, -0.1) is 0 Å². The summed E-state index contributed by atoms with van der Waals surface area (Å²) in [6.07, 6.45) is -2.77. The third-order valence-corrected chi connectivity index (χ3v) is 12.1. The molecule has 320 valence electrons. The van der Waals surface area contributed by atoms with Crippen LogP contribution in [0, 0.1) is 17.6 Å². The standard InChI is InChI=1S/C41H30Cl2F6N8O4S/c1-55-35-30(10-9-27(43)33(35)38(53-55)54-62(2,60)61)57-39(51-28-14-20(5-8-24(28)40(57)59)19-3-6-21(42)7-4-19)29(13-18-11-22(44)15-23(45)12-18)50-31(58)17-56-36-32(34(52-56)37(46)47)25-16-26(25)41(36,48)49/h3-12,14-15,25-26,29,37H,13,16-17H2,1-2H3,(H,50,58)(H,53,54)/t25?,26?,29-/m0/s1. The lowest BCUT2D eigenvalue weighted by atomic mass is 10.0. The fourth-order valence-electron chi connectivity index (χ4n) is 8.40. The molecule has 9 rings (SSSR count). The first-order chi connectivity index (χ1) is 29.3. The van der Waals surface area contributed by atoms with Crippen LogP contribution in [0.3, 0.4) is 0 Å². The van der Waals surface area contributed by atoms with E-state index in [9.17, 15) is 35.6 Å². The topological polar surface area (TPSA) is 146 Å². The number of carbonyl (C=O) groups is 1. The Morgan fingerprint density at radius 1 is 0.968 bits per heavy atom. The summed E-state index contributed by atoms with van der Waals surface area (Å²) >= 11 is 12.7. The number of carbonyl (C=O) groups excluding carboxylic acids is 1. The average Bonchev–Trinajstić information content (AvgIpc) is 3.73. The second-order valence-electron chi connectivity index (χ2n) is 15.3. The molecule has 0 bridgehead atoms. The third-order valence-electron chi connectivity index (χ3n) is 11.0. The maximum Gasteiger partial charge on any atom is 0.293 e. The van der Waals surface area contributed by atoms with Crippen LogP contribution in [-0.4, -0.2) is 49.7 Å². The van der Waals surface area contributed by atoms with E-state index in [1.807, 2.05) is 0 Å². The Kier molecular flexibility index (Phi) is 9.94. The Labute approximate surface area is 357 Å². The largest absolute Gasteiger partial charge is 0.344 e. The number of nitrogens with zero attached hydrogens (tertiary/aromatic N) is 6. The van der Waals surface area contributed by atoms with E-state index >= 15 is 8.78 Å². The van der Waals surface area contributed by atoms with Crippen LogP contribution in [0.25, 0.3) is 38.6 Å². The van der Waals surface area contributed by atoms with Crippen molar-refractivity contribution in [2.24, 2.45) is 13.0 Å². The van der Waals surface area contributed by atoms with E-state index in [0.29, 0.717) is 26.9 Å². The molecule has 2 aliphatic rings. The maximum atomic E-state index is 15.5. The van der Waals surface area contributed by atoms with Gasteiger partial charge in [-0.25, -0.2) is 31.0 Å². The zero-order valence-corrected chi connectivity index (χ0v) is 34.4. The van der Waals surface area contributed by atoms with Crippen LogP contribution in [0.5, 0.6) is 0 Å². The quantitative estimate of drug-likeness (QED) is 0.124. The molecule has 0 spiro atoms. The fraction of sp³-hybridized carbons (Fsp3) is 0.244. The molecule has 1 saturated carbocycles. The summed E-state index contributed by atoms with van der Waals surface area (Å²) in [5.41, 5.74) is -1.18. The molecular weight excluding hydrogens is 885 g/mol. The molecule has 0 radical (unpaired) electrons. The first-order valence-electron chi connectivity index (χ1n) is 18.8. The van der Waals surface area contributed by atoms with E-state index in [0.717, 1.165) is 23.0 Å². The van der Waals surface area contributed by atoms with Crippen molar-refractivity contribution in [2.75, 3.05) is 11.0 Å². The van der Waals surface area contributed by atoms with Gasteiger partial charge in [0.2, 0.25) is 15.9 Å².